The lowest BCUT2D eigenvalue weighted by Gasteiger charge is -2.17. The maximum absolute atomic E-state index is 13.2. The zero-order chi connectivity index (χ0) is 22.3. The average molecular weight is 428 g/mol. The number of rotatable bonds is 5. The summed E-state index contributed by atoms with van der Waals surface area (Å²) in [5.41, 5.74) is 3.63. The molecular weight excluding hydrogens is 404 g/mol. The largest absolute Gasteiger partial charge is 0.454 e. The fourth-order valence-electron chi connectivity index (χ4n) is 4.08. The molecular formula is C26H24N2O4. The molecule has 0 bridgehead atoms. The van der Waals surface area contributed by atoms with Gasteiger partial charge in [-0.05, 0) is 65.9 Å². The van der Waals surface area contributed by atoms with Crippen molar-refractivity contribution in [3.8, 4) is 22.6 Å². The normalized spacial score (nSPS) is 15.2. The molecule has 6 nitrogen and oxygen atoms in total. The number of carbonyl (C=O) groups excluding carboxylic acids is 2. The number of fused-ring (bicyclic) bond motifs is 1. The van der Waals surface area contributed by atoms with Crippen molar-refractivity contribution in [1.82, 2.24) is 4.90 Å². The number of benzene rings is 3. The van der Waals surface area contributed by atoms with E-state index in [-0.39, 0.29) is 18.6 Å². The Labute approximate surface area is 186 Å². The summed E-state index contributed by atoms with van der Waals surface area (Å²) < 4.78 is 10.9. The third-order valence-corrected chi connectivity index (χ3v) is 6.08. The van der Waals surface area contributed by atoms with Gasteiger partial charge in [-0.15, -0.1) is 0 Å². The van der Waals surface area contributed by atoms with Gasteiger partial charge in [0.25, 0.3) is 5.91 Å². The molecule has 2 aliphatic rings. The zero-order valence-electron chi connectivity index (χ0n) is 18.1. The van der Waals surface area contributed by atoms with Gasteiger partial charge in [0.05, 0.1) is 5.41 Å². The highest BCUT2D eigenvalue weighted by Gasteiger charge is 2.51. The van der Waals surface area contributed by atoms with E-state index in [1.165, 1.54) is 0 Å². The van der Waals surface area contributed by atoms with Crippen LogP contribution in [0.5, 0.6) is 11.5 Å². The molecule has 1 aliphatic heterocycles. The molecule has 32 heavy (non-hydrogen) atoms. The topological polar surface area (TPSA) is 67.9 Å². The van der Waals surface area contributed by atoms with Crippen LogP contribution in [0.2, 0.25) is 0 Å². The van der Waals surface area contributed by atoms with Crippen LogP contribution < -0.4 is 14.8 Å². The average Bonchev–Trinajstić information content (AvgIpc) is 3.49. The molecule has 1 fully saturated rings. The van der Waals surface area contributed by atoms with E-state index < -0.39 is 5.41 Å². The maximum Gasteiger partial charge on any atom is 0.253 e. The van der Waals surface area contributed by atoms with Crippen molar-refractivity contribution in [2.75, 3.05) is 26.2 Å². The fourth-order valence-corrected chi connectivity index (χ4v) is 4.08. The number of amides is 2. The minimum Gasteiger partial charge on any atom is -0.454 e. The van der Waals surface area contributed by atoms with E-state index in [2.05, 4.69) is 5.32 Å². The summed E-state index contributed by atoms with van der Waals surface area (Å²) >= 11 is 0. The molecule has 0 atom stereocenters. The van der Waals surface area contributed by atoms with Crippen LogP contribution in [0.1, 0.15) is 28.8 Å². The van der Waals surface area contributed by atoms with Crippen molar-refractivity contribution in [3.05, 3.63) is 77.9 Å². The molecule has 0 unspecified atom stereocenters. The molecule has 1 N–H and O–H groups in total. The second-order valence-electron chi connectivity index (χ2n) is 8.47. The second kappa shape index (κ2) is 7.71. The summed E-state index contributed by atoms with van der Waals surface area (Å²) in [5.74, 6) is 1.34. The van der Waals surface area contributed by atoms with Crippen LogP contribution in [0.4, 0.5) is 5.69 Å². The number of nitrogens with one attached hydrogen (secondary N) is 1. The highest BCUT2D eigenvalue weighted by molar-refractivity contribution is 6.02. The third-order valence-electron chi connectivity index (χ3n) is 6.08. The predicted octanol–water partition coefficient (Wildman–Crippen LogP) is 4.45. The van der Waals surface area contributed by atoms with E-state index in [1.807, 2.05) is 60.7 Å². The van der Waals surface area contributed by atoms with E-state index in [0.29, 0.717) is 17.1 Å². The van der Waals surface area contributed by atoms with Crippen LogP contribution in [0, 0.1) is 0 Å². The van der Waals surface area contributed by atoms with Gasteiger partial charge in [-0.25, -0.2) is 0 Å². The summed E-state index contributed by atoms with van der Waals surface area (Å²) in [6.45, 7) is 0.214. The lowest BCUT2D eigenvalue weighted by molar-refractivity contribution is -0.118. The standard InChI is InChI=1S/C26H24N2O4/c1-28(2)24(29)19-7-3-5-17(13-19)18-6-4-8-21(14-18)27-25(30)26(11-12-26)20-9-10-22-23(15-20)32-16-31-22/h3-10,13-15H,11-12,16H2,1-2H3,(H,27,30). The summed E-state index contributed by atoms with van der Waals surface area (Å²) in [7, 11) is 3.47. The number of hydrogen-bond donors (Lipinski definition) is 1. The molecule has 1 heterocycles. The van der Waals surface area contributed by atoms with Gasteiger partial charge < -0.3 is 19.7 Å². The number of carbonyl (C=O) groups is 2. The molecule has 0 saturated heterocycles. The van der Waals surface area contributed by atoms with Gasteiger partial charge in [-0.2, -0.15) is 0 Å². The minimum atomic E-state index is -0.533. The van der Waals surface area contributed by atoms with Gasteiger partial charge in [0.2, 0.25) is 12.7 Å². The van der Waals surface area contributed by atoms with Gasteiger partial charge in [0.1, 0.15) is 0 Å². The van der Waals surface area contributed by atoms with E-state index in [1.54, 1.807) is 25.1 Å². The third kappa shape index (κ3) is 3.58. The molecule has 6 heteroatoms. The van der Waals surface area contributed by atoms with Crippen molar-refractivity contribution in [2.45, 2.75) is 18.3 Å². The predicted molar refractivity (Wildman–Crippen MR) is 122 cm³/mol. The first kappa shape index (κ1) is 20.1. The van der Waals surface area contributed by atoms with Gasteiger partial charge in [-0.3, -0.25) is 9.59 Å². The Balaban J connectivity index is 1.37. The van der Waals surface area contributed by atoms with E-state index in [0.717, 1.165) is 35.2 Å². The Morgan fingerprint density at radius 1 is 0.875 bits per heavy atom. The molecule has 2 amide bonds. The Morgan fingerprint density at radius 3 is 2.34 bits per heavy atom. The van der Waals surface area contributed by atoms with Crippen LogP contribution in [0.3, 0.4) is 0 Å². The van der Waals surface area contributed by atoms with Crippen LogP contribution in [-0.2, 0) is 10.2 Å². The Bertz CT molecular complexity index is 1210. The number of ether oxygens (including phenoxy) is 2. The molecule has 162 valence electrons. The lowest BCUT2D eigenvalue weighted by atomic mass is 9.94. The van der Waals surface area contributed by atoms with Crippen molar-refractivity contribution in [1.29, 1.82) is 0 Å². The molecule has 0 spiro atoms. The Kier molecular flexibility index (Phi) is 4.85. The smallest absolute Gasteiger partial charge is 0.253 e. The van der Waals surface area contributed by atoms with Crippen molar-refractivity contribution in [2.24, 2.45) is 0 Å². The van der Waals surface area contributed by atoms with Gasteiger partial charge in [0.15, 0.2) is 11.5 Å². The first-order valence-electron chi connectivity index (χ1n) is 10.6. The number of anilines is 1. The molecule has 3 aromatic rings. The summed E-state index contributed by atoms with van der Waals surface area (Å²) in [4.78, 5) is 27.1. The van der Waals surface area contributed by atoms with E-state index in [4.69, 9.17) is 9.47 Å². The molecule has 0 aromatic heterocycles. The van der Waals surface area contributed by atoms with Crippen molar-refractivity contribution < 1.29 is 19.1 Å². The number of nitrogens with zero attached hydrogens (tertiary/aromatic N) is 1. The van der Waals surface area contributed by atoms with Gasteiger partial charge in [-0.1, -0.05) is 30.3 Å². The molecule has 3 aromatic carbocycles. The first-order valence-corrected chi connectivity index (χ1v) is 10.6. The van der Waals surface area contributed by atoms with E-state index >= 15 is 0 Å². The van der Waals surface area contributed by atoms with Crippen LogP contribution in [0.25, 0.3) is 11.1 Å². The van der Waals surface area contributed by atoms with Crippen LogP contribution in [-0.4, -0.2) is 37.6 Å². The van der Waals surface area contributed by atoms with Crippen LogP contribution in [0.15, 0.2) is 66.7 Å². The second-order valence-corrected chi connectivity index (χ2v) is 8.47. The lowest BCUT2D eigenvalue weighted by Crippen LogP contribution is -2.27. The summed E-state index contributed by atoms with van der Waals surface area (Å²) in [6.07, 6.45) is 1.60. The van der Waals surface area contributed by atoms with E-state index in [9.17, 15) is 9.59 Å². The van der Waals surface area contributed by atoms with Gasteiger partial charge in [0, 0.05) is 25.3 Å². The monoisotopic (exact) mass is 428 g/mol. The number of hydrogen-bond acceptors (Lipinski definition) is 4. The van der Waals surface area contributed by atoms with Gasteiger partial charge >= 0.3 is 0 Å². The molecule has 5 rings (SSSR count). The summed E-state index contributed by atoms with van der Waals surface area (Å²) in [6, 6.07) is 20.9. The maximum atomic E-state index is 13.2. The fraction of sp³-hybridized carbons (Fsp3) is 0.231. The Hall–Kier alpha value is -3.80. The Morgan fingerprint density at radius 2 is 1.59 bits per heavy atom. The highest BCUT2D eigenvalue weighted by Crippen LogP contribution is 2.51. The van der Waals surface area contributed by atoms with Crippen LogP contribution >= 0.6 is 0 Å². The van der Waals surface area contributed by atoms with Crippen molar-refractivity contribution in [3.63, 3.8) is 0 Å². The molecule has 1 saturated carbocycles. The minimum absolute atomic E-state index is 0.0231. The first-order chi connectivity index (χ1) is 15.5. The SMILES string of the molecule is CN(C)C(=O)c1cccc(-c2cccc(NC(=O)C3(c4ccc5c(c4)OCO5)CC3)c2)c1. The zero-order valence-corrected chi connectivity index (χ0v) is 18.1. The quantitative estimate of drug-likeness (QED) is 0.652. The molecule has 0 radical (unpaired) electrons. The summed E-state index contributed by atoms with van der Waals surface area (Å²) in [5, 5.41) is 3.09. The van der Waals surface area contributed by atoms with Crippen molar-refractivity contribution >= 4 is 17.5 Å². The molecule has 1 aliphatic carbocycles. The highest BCUT2D eigenvalue weighted by atomic mass is 16.7.